The van der Waals surface area contributed by atoms with Crippen LogP contribution in [0.15, 0.2) is 27.5 Å². The van der Waals surface area contributed by atoms with E-state index in [9.17, 15) is 18.5 Å². The maximum absolute atomic E-state index is 12.2. The van der Waals surface area contributed by atoms with E-state index in [1.54, 1.807) is 0 Å². The highest BCUT2D eigenvalue weighted by atomic mass is 32.2. The molecule has 0 aliphatic heterocycles. The van der Waals surface area contributed by atoms with E-state index in [-0.39, 0.29) is 17.6 Å². The minimum atomic E-state index is -4.19. The second-order valence-electron chi connectivity index (χ2n) is 3.81. The molecule has 4 N–H and O–H groups in total. The normalized spacial score (nSPS) is 11.1. The molecular formula is C9H10N6O5S. The number of nitro benzene ring substituents is 1. The number of anilines is 2. The first-order chi connectivity index (χ1) is 9.83. The fraction of sp³-hybridized carbons (Fsp3) is 0.111. The third-order valence-corrected chi connectivity index (χ3v) is 3.73. The quantitative estimate of drug-likeness (QED) is 0.401. The van der Waals surface area contributed by atoms with Gasteiger partial charge < -0.3 is 9.84 Å². The van der Waals surface area contributed by atoms with Crippen LogP contribution in [0.3, 0.4) is 0 Å². The Labute approximate surface area is 118 Å². The first-order valence-electron chi connectivity index (χ1n) is 5.41. The molecule has 12 heteroatoms. The maximum atomic E-state index is 12.2. The Morgan fingerprint density at radius 2 is 2.10 bits per heavy atom. The van der Waals surface area contributed by atoms with Crippen LogP contribution in [0.25, 0.3) is 0 Å². The van der Waals surface area contributed by atoms with Crippen molar-refractivity contribution in [3.8, 4) is 0 Å². The van der Waals surface area contributed by atoms with Crippen LogP contribution in [0.5, 0.6) is 0 Å². The summed E-state index contributed by atoms with van der Waals surface area (Å²) in [4.78, 5) is 9.59. The van der Waals surface area contributed by atoms with Crippen LogP contribution in [-0.4, -0.2) is 23.5 Å². The Morgan fingerprint density at radius 3 is 2.62 bits per heavy atom. The molecule has 11 nitrogen and oxygen atoms in total. The fourth-order valence-corrected chi connectivity index (χ4v) is 2.59. The van der Waals surface area contributed by atoms with Crippen molar-refractivity contribution in [2.24, 2.45) is 5.84 Å². The number of nitrogens with zero attached hydrogens (tertiary/aromatic N) is 3. The summed E-state index contributed by atoms with van der Waals surface area (Å²) in [7, 11) is -4.19. The predicted octanol–water partition coefficient (Wildman–Crippen LogP) is 0.373. The number of sulfonamides is 1. The zero-order valence-corrected chi connectivity index (χ0v) is 11.4. The van der Waals surface area contributed by atoms with Crippen LogP contribution in [-0.2, 0) is 10.0 Å². The number of nitrogens with two attached hydrogens (primary N) is 1. The maximum Gasteiger partial charge on any atom is 0.329 e. The first-order valence-corrected chi connectivity index (χ1v) is 6.90. The summed E-state index contributed by atoms with van der Waals surface area (Å²) < 4.78 is 31.3. The number of aryl methyl sites for hydroxylation is 1. The van der Waals surface area contributed by atoms with Gasteiger partial charge >= 0.3 is 6.01 Å². The molecule has 0 bridgehead atoms. The predicted molar refractivity (Wildman–Crippen MR) is 70.8 cm³/mol. The van der Waals surface area contributed by atoms with E-state index in [0.717, 1.165) is 12.1 Å². The van der Waals surface area contributed by atoms with Gasteiger partial charge in [-0.2, -0.15) is 0 Å². The summed E-state index contributed by atoms with van der Waals surface area (Å²) in [5, 5.41) is 17.7. The lowest BCUT2D eigenvalue weighted by Crippen LogP contribution is -2.18. The molecule has 1 heterocycles. The molecule has 0 atom stereocenters. The van der Waals surface area contributed by atoms with Gasteiger partial charge in [-0.25, -0.2) is 13.1 Å². The van der Waals surface area contributed by atoms with Crippen LogP contribution in [0, 0.1) is 17.0 Å². The van der Waals surface area contributed by atoms with Crippen LogP contribution in [0.1, 0.15) is 5.89 Å². The molecule has 2 rings (SSSR count). The standard InChI is InChI=1S/C9H10N6O5S/c1-5-12-13-9(20-5)14-21(18,19)8-4-6(15(16)17)2-3-7(8)11-10/h2-4,11H,10H2,1H3,(H,13,14). The van der Waals surface area contributed by atoms with Crippen molar-refractivity contribution >= 4 is 27.4 Å². The molecule has 0 saturated heterocycles. The molecule has 2 aromatic rings. The van der Waals surface area contributed by atoms with E-state index in [1.807, 2.05) is 4.72 Å². The molecule has 0 fully saturated rings. The van der Waals surface area contributed by atoms with Crippen LogP contribution < -0.4 is 16.0 Å². The van der Waals surface area contributed by atoms with Crippen LogP contribution in [0.2, 0.25) is 0 Å². The Hall–Kier alpha value is -2.73. The molecule has 112 valence electrons. The Balaban J connectivity index is 2.47. The fourth-order valence-electron chi connectivity index (χ4n) is 1.47. The van der Waals surface area contributed by atoms with Gasteiger partial charge in [0.1, 0.15) is 4.90 Å². The van der Waals surface area contributed by atoms with Crippen LogP contribution >= 0.6 is 0 Å². The van der Waals surface area contributed by atoms with Crippen molar-refractivity contribution < 1.29 is 17.8 Å². The Morgan fingerprint density at radius 1 is 1.38 bits per heavy atom. The largest absolute Gasteiger partial charge is 0.408 e. The van der Waals surface area contributed by atoms with Gasteiger partial charge in [0.25, 0.3) is 15.7 Å². The molecule has 0 spiro atoms. The zero-order valence-electron chi connectivity index (χ0n) is 10.6. The van der Waals surface area contributed by atoms with Crippen molar-refractivity contribution in [3.63, 3.8) is 0 Å². The van der Waals surface area contributed by atoms with E-state index in [1.165, 1.54) is 13.0 Å². The van der Waals surface area contributed by atoms with Crippen molar-refractivity contribution in [3.05, 3.63) is 34.2 Å². The van der Waals surface area contributed by atoms with E-state index < -0.39 is 25.5 Å². The summed E-state index contributed by atoms with van der Waals surface area (Å²) in [6.45, 7) is 1.48. The monoisotopic (exact) mass is 314 g/mol. The van der Waals surface area contributed by atoms with Gasteiger partial charge in [-0.15, -0.1) is 5.10 Å². The lowest BCUT2D eigenvalue weighted by molar-refractivity contribution is -0.385. The second kappa shape index (κ2) is 5.34. The minimum absolute atomic E-state index is 0.0238. The molecule has 0 radical (unpaired) electrons. The lowest BCUT2D eigenvalue weighted by Gasteiger charge is -2.09. The zero-order chi connectivity index (χ0) is 15.6. The number of nitrogen functional groups attached to an aromatic ring is 1. The molecule has 0 saturated carbocycles. The van der Waals surface area contributed by atoms with E-state index in [4.69, 9.17) is 10.3 Å². The van der Waals surface area contributed by atoms with E-state index in [2.05, 4.69) is 15.6 Å². The van der Waals surface area contributed by atoms with Gasteiger partial charge in [0.05, 0.1) is 10.6 Å². The highest BCUT2D eigenvalue weighted by molar-refractivity contribution is 7.92. The van der Waals surface area contributed by atoms with Crippen molar-refractivity contribution in [2.45, 2.75) is 11.8 Å². The molecule has 0 amide bonds. The Bertz CT molecular complexity index is 786. The third kappa shape index (κ3) is 3.06. The number of hydrogen-bond acceptors (Lipinski definition) is 9. The number of rotatable bonds is 5. The summed E-state index contributed by atoms with van der Waals surface area (Å²) in [5.74, 6) is 5.36. The lowest BCUT2D eigenvalue weighted by atomic mass is 10.3. The smallest absolute Gasteiger partial charge is 0.329 e. The highest BCUT2D eigenvalue weighted by Gasteiger charge is 2.24. The third-order valence-electron chi connectivity index (χ3n) is 2.37. The van der Waals surface area contributed by atoms with Gasteiger partial charge in [-0.1, -0.05) is 5.10 Å². The number of nitrogens with one attached hydrogen (secondary N) is 2. The van der Waals surface area contributed by atoms with E-state index >= 15 is 0 Å². The van der Waals surface area contributed by atoms with Crippen molar-refractivity contribution in [1.29, 1.82) is 0 Å². The van der Waals surface area contributed by atoms with Gasteiger partial charge in [-0.3, -0.25) is 16.0 Å². The summed E-state index contributed by atoms with van der Waals surface area (Å²) >= 11 is 0. The number of non-ortho nitro benzene ring substituents is 1. The highest BCUT2D eigenvalue weighted by Crippen LogP contribution is 2.27. The van der Waals surface area contributed by atoms with Crippen molar-refractivity contribution in [1.82, 2.24) is 10.2 Å². The molecular weight excluding hydrogens is 304 g/mol. The number of hydrogen-bond donors (Lipinski definition) is 3. The number of nitro groups is 1. The summed E-state index contributed by atoms with van der Waals surface area (Å²) in [5.41, 5.74) is 1.72. The van der Waals surface area contributed by atoms with E-state index in [0.29, 0.717) is 0 Å². The summed E-state index contributed by atoms with van der Waals surface area (Å²) in [6.07, 6.45) is 0. The SMILES string of the molecule is Cc1nnc(NS(=O)(=O)c2cc([N+](=O)[O-])ccc2NN)o1. The minimum Gasteiger partial charge on any atom is -0.408 e. The molecule has 0 aliphatic carbocycles. The molecule has 0 unspecified atom stereocenters. The molecule has 21 heavy (non-hydrogen) atoms. The van der Waals surface area contributed by atoms with Gasteiger partial charge in [0.2, 0.25) is 5.89 Å². The second-order valence-corrected chi connectivity index (χ2v) is 5.46. The topological polar surface area (TPSA) is 166 Å². The number of aromatic nitrogens is 2. The van der Waals surface area contributed by atoms with Gasteiger partial charge in [-0.05, 0) is 6.07 Å². The average molecular weight is 314 g/mol. The number of benzene rings is 1. The molecule has 1 aromatic carbocycles. The molecule has 0 aliphatic rings. The average Bonchev–Trinajstić information content (AvgIpc) is 2.82. The Kier molecular flexibility index (Phi) is 3.73. The summed E-state index contributed by atoms with van der Waals surface area (Å²) in [6, 6.07) is 2.79. The van der Waals surface area contributed by atoms with Crippen LogP contribution in [0.4, 0.5) is 17.4 Å². The first kappa shape index (κ1) is 14.7. The van der Waals surface area contributed by atoms with Gasteiger partial charge in [0.15, 0.2) is 0 Å². The molecule has 1 aromatic heterocycles. The van der Waals surface area contributed by atoms with Crippen molar-refractivity contribution in [2.75, 3.05) is 10.1 Å². The van der Waals surface area contributed by atoms with Gasteiger partial charge in [0, 0.05) is 19.1 Å². The number of hydrazine groups is 1.